The molecule has 0 aliphatic carbocycles. The van der Waals surface area contributed by atoms with Gasteiger partial charge in [-0.1, -0.05) is 26.0 Å². The van der Waals surface area contributed by atoms with E-state index in [9.17, 15) is 4.79 Å². The fourth-order valence-electron chi connectivity index (χ4n) is 1.38. The molecular formula is C13H14N2OS. The van der Waals surface area contributed by atoms with Crippen LogP contribution in [0.4, 0.5) is 5.69 Å². The van der Waals surface area contributed by atoms with Gasteiger partial charge in [-0.05, 0) is 12.1 Å². The van der Waals surface area contributed by atoms with E-state index < -0.39 is 0 Å². The quantitative estimate of drug-likeness (QED) is 0.901. The lowest BCUT2D eigenvalue weighted by Gasteiger charge is -2.08. The SMILES string of the molecule is CC(C)C(=O)Nc1cccc(-c2nccs2)c1. The molecule has 0 unspecified atom stereocenters. The third-order valence-corrected chi connectivity index (χ3v) is 3.16. The molecule has 0 bridgehead atoms. The second-order valence-electron chi connectivity index (χ2n) is 4.06. The molecule has 1 N–H and O–H groups in total. The van der Waals surface area contributed by atoms with E-state index in [4.69, 9.17) is 0 Å². The van der Waals surface area contributed by atoms with E-state index in [0.29, 0.717) is 0 Å². The Morgan fingerprint density at radius 1 is 1.41 bits per heavy atom. The van der Waals surface area contributed by atoms with Crippen LogP contribution in [-0.4, -0.2) is 10.9 Å². The van der Waals surface area contributed by atoms with Gasteiger partial charge in [-0.15, -0.1) is 11.3 Å². The van der Waals surface area contributed by atoms with E-state index in [-0.39, 0.29) is 11.8 Å². The standard InChI is InChI=1S/C13H14N2OS/c1-9(2)12(16)15-11-5-3-4-10(8-11)13-14-6-7-17-13/h3-9H,1-2H3,(H,15,16). The number of hydrogen-bond acceptors (Lipinski definition) is 3. The number of nitrogens with one attached hydrogen (secondary N) is 1. The van der Waals surface area contributed by atoms with Crippen LogP contribution in [0.3, 0.4) is 0 Å². The lowest BCUT2D eigenvalue weighted by molar-refractivity contribution is -0.118. The highest BCUT2D eigenvalue weighted by Gasteiger charge is 2.08. The van der Waals surface area contributed by atoms with E-state index in [2.05, 4.69) is 10.3 Å². The highest BCUT2D eigenvalue weighted by atomic mass is 32.1. The fourth-order valence-corrected chi connectivity index (χ4v) is 2.02. The van der Waals surface area contributed by atoms with E-state index >= 15 is 0 Å². The Balaban J connectivity index is 2.20. The maximum atomic E-state index is 11.6. The summed E-state index contributed by atoms with van der Waals surface area (Å²) in [6, 6.07) is 7.74. The molecule has 3 nitrogen and oxygen atoms in total. The molecule has 4 heteroatoms. The zero-order chi connectivity index (χ0) is 12.3. The lowest BCUT2D eigenvalue weighted by atomic mass is 10.1. The second-order valence-corrected chi connectivity index (χ2v) is 4.96. The third-order valence-electron chi connectivity index (χ3n) is 2.33. The Kier molecular flexibility index (Phi) is 3.54. The predicted octanol–water partition coefficient (Wildman–Crippen LogP) is 3.40. The van der Waals surface area contributed by atoms with Gasteiger partial charge >= 0.3 is 0 Å². The largest absolute Gasteiger partial charge is 0.326 e. The zero-order valence-corrected chi connectivity index (χ0v) is 10.6. The Hall–Kier alpha value is -1.68. The molecule has 0 fully saturated rings. The first-order chi connectivity index (χ1) is 8.16. The molecule has 0 aliphatic rings. The summed E-state index contributed by atoms with van der Waals surface area (Å²) in [5.74, 6) is 0.0137. The van der Waals surface area contributed by atoms with Crippen LogP contribution in [0.25, 0.3) is 10.6 Å². The Morgan fingerprint density at radius 2 is 2.24 bits per heavy atom. The Morgan fingerprint density at radius 3 is 2.88 bits per heavy atom. The number of carbonyl (C=O) groups excluding carboxylic acids is 1. The number of aromatic nitrogens is 1. The zero-order valence-electron chi connectivity index (χ0n) is 9.81. The van der Waals surface area contributed by atoms with Crippen molar-refractivity contribution in [3.8, 4) is 10.6 Å². The van der Waals surface area contributed by atoms with E-state index in [1.54, 1.807) is 17.5 Å². The molecule has 0 radical (unpaired) electrons. The van der Waals surface area contributed by atoms with Crippen molar-refractivity contribution in [1.82, 2.24) is 4.98 Å². The van der Waals surface area contributed by atoms with Crippen molar-refractivity contribution < 1.29 is 4.79 Å². The van der Waals surface area contributed by atoms with E-state index in [1.165, 1.54) is 0 Å². The summed E-state index contributed by atoms with van der Waals surface area (Å²) in [6.07, 6.45) is 1.78. The number of amides is 1. The fraction of sp³-hybridized carbons (Fsp3) is 0.231. The predicted molar refractivity (Wildman–Crippen MR) is 71.0 cm³/mol. The van der Waals surface area contributed by atoms with Crippen molar-refractivity contribution in [2.24, 2.45) is 5.92 Å². The van der Waals surface area contributed by atoms with Gasteiger partial charge in [0.1, 0.15) is 5.01 Å². The first kappa shape index (κ1) is 11.8. The summed E-state index contributed by atoms with van der Waals surface area (Å²) in [6.45, 7) is 3.75. The summed E-state index contributed by atoms with van der Waals surface area (Å²) in [5, 5.41) is 5.78. The van der Waals surface area contributed by atoms with E-state index in [1.807, 2.05) is 43.5 Å². The monoisotopic (exact) mass is 246 g/mol. The molecule has 0 atom stereocenters. The van der Waals surface area contributed by atoms with Gasteiger partial charge in [0.25, 0.3) is 0 Å². The van der Waals surface area contributed by atoms with Crippen LogP contribution < -0.4 is 5.32 Å². The summed E-state index contributed by atoms with van der Waals surface area (Å²) in [7, 11) is 0. The van der Waals surface area contributed by atoms with Gasteiger partial charge in [0.15, 0.2) is 0 Å². The number of carbonyl (C=O) groups is 1. The molecule has 1 aromatic carbocycles. The van der Waals surface area contributed by atoms with Gasteiger partial charge < -0.3 is 5.32 Å². The molecule has 1 heterocycles. The molecule has 17 heavy (non-hydrogen) atoms. The minimum atomic E-state index is -0.0153. The van der Waals surface area contributed by atoms with Crippen molar-refractivity contribution in [3.63, 3.8) is 0 Å². The van der Waals surface area contributed by atoms with Crippen LogP contribution in [0.2, 0.25) is 0 Å². The number of benzene rings is 1. The number of thiazole rings is 1. The van der Waals surface area contributed by atoms with Gasteiger partial charge in [0.2, 0.25) is 5.91 Å². The average Bonchev–Trinajstić information content (AvgIpc) is 2.82. The van der Waals surface area contributed by atoms with Gasteiger partial charge in [-0.3, -0.25) is 4.79 Å². The van der Waals surface area contributed by atoms with Crippen LogP contribution >= 0.6 is 11.3 Å². The van der Waals surface area contributed by atoms with E-state index in [0.717, 1.165) is 16.3 Å². The van der Waals surface area contributed by atoms with Crippen LogP contribution in [0.5, 0.6) is 0 Å². The molecule has 1 aromatic heterocycles. The molecule has 2 rings (SSSR count). The molecular weight excluding hydrogens is 232 g/mol. The molecule has 0 aliphatic heterocycles. The Bertz CT molecular complexity index is 506. The van der Waals surface area contributed by atoms with Crippen LogP contribution in [0.1, 0.15) is 13.8 Å². The minimum Gasteiger partial charge on any atom is -0.326 e. The second kappa shape index (κ2) is 5.10. The van der Waals surface area contributed by atoms with Crippen LogP contribution in [0.15, 0.2) is 35.8 Å². The highest BCUT2D eigenvalue weighted by Crippen LogP contribution is 2.24. The summed E-state index contributed by atoms with van der Waals surface area (Å²) < 4.78 is 0. The maximum absolute atomic E-state index is 11.6. The first-order valence-electron chi connectivity index (χ1n) is 5.47. The third kappa shape index (κ3) is 2.91. The normalized spacial score (nSPS) is 10.5. The molecule has 0 spiro atoms. The van der Waals surface area contributed by atoms with Crippen LogP contribution in [-0.2, 0) is 4.79 Å². The Labute approximate surface area is 105 Å². The van der Waals surface area contributed by atoms with Crippen LogP contribution in [0, 0.1) is 5.92 Å². The summed E-state index contributed by atoms with van der Waals surface area (Å²) in [5.41, 5.74) is 1.85. The van der Waals surface area contributed by atoms with Crippen molar-refractivity contribution in [2.45, 2.75) is 13.8 Å². The maximum Gasteiger partial charge on any atom is 0.226 e. The average molecular weight is 246 g/mol. The lowest BCUT2D eigenvalue weighted by Crippen LogP contribution is -2.17. The van der Waals surface area contributed by atoms with Crippen molar-refractivity contribution in [2.75, 3.05) is 5.32 Å². The number of rotatable bonds is 3. The smallest absolute Gasteiger partial charge is 0.226 e. The summed E-state index contributed by atoms with van der Waals surface area (Å²) in [4.78, 5) is 15.8. The molecule has 2 aromatic rings. The molecule has 88 valence electrons. The van der Waals surface area contributed by atoms with Crippen molar-refractivity contribution >= 4 is 22.9 Å². The van der Waals surface area contributed by atoms with Gasteiger partial charge in [-0.2, -0.15) is 0 Å². The minimum absolute atomic E-state index is 0.0153. The molecule has 1 amide bonds. The molecule has 0 saturated carbocycles. The number of hydrogen-bond donors (Lipinski definition) is 1. The van der Waals surface area contributed by atoms with Crippen molar-refractivity contribution in [3.05, 3.63) is 35.8 Å². The van der Waals surface area contributed by atoms with Crippen molar-refractivity contribution in [1.29, 1.82) is 0 Å². The number of nitrogens with zero attached hydrogens (tertiary/aromatic N) is 1. The number of anilines is 1. The first-order valence-corrected chi connectivity index (χ1v) is 6.35. The van der Waals surface area contributed by atoms with Gasteiger partial charge in [0.05, 0.1) is 0 Å². The van der Waals surface area contributed by atoms with Gasteiger partial charge in [0, 0.05) is 28.7 Å². The highest BCUT2D eigenvalue weighted by molar-refractivity contribution is 7.13. The summed E-state index contributed by atoms with van der Waals surface area (Å²) >= 11 is 1.59. The topological polar surface area (TPSA) is 42.0 Å². The van der Waals surface area contributed by atoms with Gasteiger partial charge in [-0.25, -0.2) is 4.98 Å². The molecule has 0 saturated heterocycles.